The third-order valence-electron chi connectivity index (χ3n) is 2.98. The summed E-state index contributed by atoms with van der Waals surface area (Å²) in [4.78, 5) is 0. The van der Waals surface area contributed by atoms with Crippen LogP contribution >= 0.6 is 0 Å². The highest BCUT2D eigenvalue weighted by Gasteiger charge is 1.99. The summed E-state index contributed by atoms with van der Waals surface area (Å²) in [5.74, 6) is 6.82. The number of fused-ring (bicyclic) bond motifs is 1. The van der Waals surface area contributed by atoms with Crippen LogP contribution < -0.4 is 4.74 Å². The lowest BCUT2D eigenvalue weighted by atomic mass is 10.1. The summed E-state index contributed by atoms with van der Waals surface area (Å²) in [5.41, 5.74) is 0.959. The number of aliphatic hydroxyl groups excluding tert-OH is 1. The van der Waals surface area contributed by atoms with Crippen LogP contribution in [0.4, 0.5) is 0 Å². The van der Waals surface area contributed by atoms with E-state index in [9.17, 15) is 0 Å². The van der Waals surface area contributed by atoms with E-state index < -0.39 is 0 Å². The molecule has 0 radical (unpaired) electrons. The zero-order valence-corrected chi connectivity index (χ0v) is 12.3. The second-order valence-corrected chi connectivity index (χ2v) is 4.54. The number of hydrogen-bond acceptors (Lipinski definition) is 3. The van der Waals surface area contributed by atoms with Crippen LogP contribution in [0.5, 0.6) is 5.75 Å². The molecule has 1 N–H and O–H groups in total. The Balaban J connectivity index is 2.07. The Morgan fingerprint density at radius 1 is 1.05 bits per heavy atom. The minimum Gasteiger partial charge on any atom is -0.491 e. The number of rotatable bonds is 6. The molecule has 0 aliphatic heterocycles. The van der Waals surface area contributed by atoms with Crippen molar-refractivity contribution >= 4 is 10.8 Å². The van der Waals surface area contributed by atoms with Gasteiger partial charge in [0, 0.05) is 18.6 Å². The van der Waals surface area contributed by atoms with Gasteiger partial charge in [-0.1, -0.05) is 24.0 Å². The molecule has 2 rings (SSSR count). The van der Waals surface area contributed by atoms with Crippen LogP contribution in [0.2, 0.25) is 0 Å². The lowest BCUT2D eigenvalue weighted by molar-refractivity contribution is 0.110. The van der Waals surface area contributed by atoms with Gasteiger partial charge < -0.3 is 14.6 Å². The first-order chi connectivity index (χ1) is 10.3. The molecule has 0 heterocycles. The van der Waals surface area contributed by atoms with Gasteiger partial charge in [-0.05, 0) is 42.0 Å². The normalized spacial score (nSPS) is 10.2. The van der Waals surface area contributed by atoms with Crippen LogP contribution in [0, 0.1) is 11.8 Å². The van der Waals surface area contributed by atoms with Crippen molar-refractivity contribution < 1.29 is 14.6 Å². The molecule has 2 aromatic carbocycles. The van der Waals surface area contributed by atoms with Crippen molar-refractivity contribution in [3.63, 3.8) is 0 Å². The molecule has 0 aromatic heterocycles. The molecule has 0 fully saturated rings. The maximum absolute atomic E-state index is 8.73. The van der Waals surface area contributed by atoms with Crippen LogP contribution in [0.25, 0.3) is 10.8 Å². The predicted molar refractivity (Wildman–Crippen MR) is 84.5 cm³/mol. The third kappa shape index (κ3) is 4.78. The van der Waals surface area contributed by atoms with Gasteiger partial charge >= 0.3 is 0 Å². The van der Waals surface area contributed by atoms with E-state index in [0.717, 1.165) is 22.1 Å². The third-order valence-corrected chi connectivity index (χ3v) is 2.98. The molecular formula is C18H20O3. The van der Waals surface area contributed by atoms with Gasteiger partial charge in [-0.15, -0.1) is 0 Å². The van der Waals surface area contributed by atoms with E-state index >= 15 is 0 Å². The minimum absolute atomic E-state index is 0.100. The van der Waals surface area contributed by atoms with Crippen molar-refractivity contribution in [1.82, 2.24) is 0 Å². The Morgan fingerprint density at radius 3 is 2.67 bits per heavy atom. The Hall–Kier alpha value is -2.02. The van der Waals surface area contributed by atoms with E-state index in [4.69, 9.17) is 14.6 Å². The Bertz CT molecular complexity index is 638. The summed E-state index contributed by atoms with van der Waals surface area (Å²) in [5, 5.41) is 11.0. The van der Waals surface area contributed by atoms with Crippen LogP contribution in [-0.4, -0.2) is 31.5 Å². The molecule has 110 valence electrons. The molecular weight excluding hydrogens is 264 g/mol. The summed E-state index contributed by atoms with van der Waals surface area (Å²) < 4.78 is 10.9. The Labute approximate surface area is 125 Å². The first-order valence-electron chi connectivity index (χ1n) is 7.17. The average molecular weight is 284 g/mol. The summed E-state index contributed by atoms with van der Waals surface area (Å²) >= 11 is 0. The molecule has 21 heavy (non-hydrogen) atoms. The minimum atomic E-state index is 0.100. The SMILES string of the molecule is CCOCCOc1ccc2cc(C#CCCO)ccc2c1. The van der Waals surface area contributed by atoms with Crippen LogP contribution in [-0.2, 0) is 4.74 Å². The quantitative estimate of drug-likeness (QED) is 0.654. The van der Waals surface area contributed by atoms with E-state index in [-0.39, 0.29) is 6.61 Å². The molecule has 0 aliphatic carbocycles. The maximum atomic E-state index is 8.73. The summed E-state index contributed by atoms with van der Waals surface area (Å²) in [6.07, 6.45) is 0.505. The number of ether oxygens (including phenoxy) is 2. The molecule has 0 saturated carbocycles. The van der Waals surface area contributed by atoms with Crippen molar-refractivity contribution in [3.8, 4) is 17.6 Å². The highest BCUT2D eigenvalue weighted by atomic mass is 16.5. The Kier molecular flexibility index (Phi) is 6.08. The van der Waals surface area contributed by atoms with Gasteiger partial charge in [0.1, 0.15) is 12.4 Å². The molecule has 0 atom stereocenters. The fraction of sp³-hybridized carbons (Fsp3) is 0.333. The zero-order valence-electron chi connectivity index (χ0n) is 12.3. The van der Waals surface area contributed by atoms with E-state index in [1.165, 1.54) is 0 Å². The van der Waals surface area contributed by atoms with Crippen LogP contribution in [0.15, 0.2) is 36.4 Å². The van der Waals surface area contributed by atoms with Crippen LogP contribution in [0.1, 0.15) is 18.9 Å². The van der Waals surface area contributed by atoms with Gasteiger partial charge in [0.25, 0.3) is 0 Å². The van der Waals surface area contributed by atoms with Gasteiger partial charge in [-0.25, -0.2) is 0 Å². The van der Waals surface area contributed by atoms with E-state index in [2.05, 4.69) is 11.8 Å². The molecule has 0 amide bonds. The van der Waals surface area contributed by atoms with Gasteiger partial charge in [0.05, 0.1) is 13.2 Å². The molecule has 2 aromatic rings. The lowest BCUT2D eigenvalue weighted by Gasteiger charge is -2.07. The topological polar surface area (TPSA) is 38.7 Å². The maximum Gasteiger partial charge on any atom is 0.120 e. The molecule has 0 aliphatic rings. The summed E-state index contributed by atoms with van der Waals surface area (Å²) in [7, 11) is 0. The van der Waals surface area contributed by atoms with Gasteiger partial charge in [-0.2, -0.15) is 0 Å². The van der Waals surface area contributed by atoms with Gasteiger partial charge in [0.15, 0.2) is 0 Å². The smallest absolute Gasteiger partial charge is 0.120 e. The molecule has 3 heteroatoms. The van der Waals surface area contributed by atoms with Gasteiger partial charge in [-0.3, -0.25) is 0 Å². The second-order valence-electron chi connectivity index (χ2n) is 4.54. The zero-order chi connectivity index (χ0) is 14.9. The number of hydrogen-bond donors (Lipinski definition) is 1. The van der Waals surface area contributed by atoms with E-state index in [1.807, 2.05) is 43.3 Å². The highest BCUT2D eigenvalue weighted by molar-refractivity contribution is 5.85. The summed E-state index contributed by atoms with van der Waals surface area (Å²) in [6.45, 7) is 3.94. The number of aliphatic hydroxyl groups is 1. The van der Waals surface area contributed by atoms with Crippen molar-refractivity contribution in [1.29, 1.82) is 0 Å². The first kappa shape index (κ1) is 15.4. The van der Waals surface area contributed by atoms with E-state index in [1.54, 1.807) is 0 Å². The molecule has 3 nitrogen and oxygen atoms in total. The predicted octanol–water partition coefficient (Wildman–Crippen LogP) is 2.99. The standard InChI is InChI=1S/C18H20O3/c1-2-20-11-12-21-18-9-8-16-13-15(5-3-4-10-19)6-7-17(16)14-18/h6-9,13-14,19H,2,4,10-12H2,1H3. The first-order valence-corrected chi connectivity index (χ1v) is 7.17. The monoisotopic (exact) mass is 284 g/mol. The highest BCUT2D eigenvalue weighted by Crippen LogP contribution is 2.21. The fourth-order valence-corrected chi connectivity index (χ4v) is 1.97. The summed E-state index contributed by atoms with van der Waals surface area (Å²) in [6, 6.07) is 12.1. The average Bonchev–Trinajstić information content (AvgIpc) is 2.52. The Morgan fingerprint density at radius 2 is 1.86 bits per heavy atom. The van der Waals surface area contributed by atoms with E-state index in [0.29, 0.717) is 26.2 Å². The molecule has 0 unspecified atom stereocenters. The van der Waals surface area contributed by atoms with Crippen molar-refractivity contribution in [2.45, 2.75) is 13.3 Å². The lowest BCUT2D eigenvalue weighted by Crippen LogP contribution is -2.06. The molecule has 0 spiro atoms. The number of benzene rings is 2. The van der Waals surface area contributed by atoms with Crippen molar-refractivity contribution in [2.24, 2.45) is 0 Å². The molecule has 0 saturated heterocycles. The van der Waals surface area contributed by atoms with Crippen molar-refractivity contribution in [3.05, 3.63) is 42.0 Å². The van der Waals surface area contributed by atoms with Crippen LogP contribution in [0.3, 0.4) is 0 Å². The molecule has 0 bridgehead atoms. The van der Waals surface area contributed by atoms with Gasteiger partial charge in [0.2, 0.25) is 0 Å². The second kappa shape index (κ2) is 8.31. The fourth-order valence-electron chi connectivity index (χ4n) is 1.97. The largest absolute Gasteiger partial charge is 0.491 e. The van der Waals surface area contributed by atoms with Crippen molar-refractivity contribution in [2.75, 3.05) is 26.4 Å².